The summed E-state index contributed by atoms with van der Waals surface area (Å²) >= 11 is 1.16. The minimum absolute atomic E-state index is 0.00922. The van der Waals surface area contributed by atoms with Gasteiger partial charge in [-0.25, -0.2) is 4.39 Å². The fourth-order valence-corrected chi connectivity index (χ4v) is 2.47. The standard InChI is InChI=1S/C14H18FNO2S/c1-4-16(5-2)14(18)9-19-13-7-6-11(10(3)17)8-12(13)15/h6-8H,4-5,9H2,1-3H3. The maximum absolute atomic E-state index is 13.7. The molecule has 0 aliphatic heterocycles. The van der Waals surface area contributed by atoms with Gasteiger partial charge in [-0.05, 0) is 32.9 Å². The van der Waals surface area contributed by atoms with Gasteiger partial charge in [0.1, 0.15) is 5.82 Å². The molecule has 0 bridgehead atoms. The molecule has 0 aromatic heterocycles. The number of carbonyl (C=O) groups excluding carboxylic acids is 2. The molecule has 1 aromatic carbocycles. The molecule has 1 rings (SSSR count). The predicted octanol–water partition coefficient (Wildman–Crippen LogP) is 2.99. The highest BCUT2D eigenvalue weighted by atomic mass is 32.2. The van der Waals surface area contributed by atoms with Crippen molar-refractivity contribution >= 4 is 23.5 Å². The fourth-order valence-electron chi connectivity index (χ4n) is 1.64. The molecule has 0 saturated carbocycles. The van der Waals surface area contributed by atoms with Crippen LogP contribution in [0.5, 0.6) is 0 Å². The summed E-state index contributed by atoms with van der Waals surface area (Å²) in [5.41, 5.74) is 0.344. The highest BCUT2D eigenvalue weighted by Gasteiger charge is 2.12. The third-order valence-corrected chi connectivity index (χ3v) is 3.84. The molecule has 1 amide bonds. The van der Waals surface area contributed by atoms with Crippen LogP contribution < -0.4 is 0 Å². The van der Waals surface area contributed by atoms with E-state index >= 15 is 0 Å². The minimum atomic E-state index is -0.454. The van der Waals surface area contributed by atoms with Gasteiger partial charge in [-0.2, -0.15) is 0 Å². The SMILES string of the molecule is CCN(CC)C(=O)CSc1ccc(C(C)=O)cc1F. The molecule has 0 aliphatic carbocycles. The molecule has 0 unspecified atom stereocenters. The summed E-state index contributed by atoms with van der Waals surface area (Å²) in [6.07, 6.45) is 0. The van der Waals surface area contributed by atoms with Crippen LogP contribution >= 0.6 is 11.8 Å². The molecule has 1 aromatic rings. The number of ketones is 1. The summed E-state index contributed by atoms with van der Waals surface area (Å²) in [5.74, 6) is -0.428. The smallest absolute Gasteiger partial charge is 0.232 e. The lowest BCUT2D eigenvalue weighted by Crippen LogP contribution is -2.31. The summed E-state index contributed by atoms with van der Waals surface area (Å²) in [7, 11) is 0. The van der Waals surface area contributed by atoms with Gasteiger partial charge in [-0.15, -0.1) is 11.8 Å². The highest BCUT2D eigenvalue weighted by Crippen LogP contribution is 2.23. The first-order chi connectivity index (χ1) is 8.99. The molecule has 19 heavy (non-hydrogen) atoms. The Balaban J connectivity index is 2.68. The predicted molar refractivity (Wildman–Crippen MR) is 75.1 cm³/mol. The summed E-state index contributed by atoms with van der Waals surface area (Å²) in [4.78, 5) is 25.0. The second kappa shape index (κ2) is 7.28. The zero-order valence-corrected chi connectivity index (χ0v) is 12.2. The molecule has 0 aliphatic rings. The molecule has 104 valence electrons. The van der Waals surface area contributed by atoms with Crippen molar-refractivity contribution in [1.82, 2.24) is 4.90 Å². The van der Waals surface area contributed by atoms with Gasteiger partial charge in [0.25, 0.3) is 0 Å². The Labute approximate surface area is 117 Å². The number of benzene rings is 1. The lowest BCUT2D eigenvalue weighted by atomic mass is 10.1. The molecule has 0 heterocycles. The van der Waals surface area contributed by atoms with Crippen LogP contribution in [0.3, 0.4) is 0 Å². The van der Waals surface area contributed by atoms with Gasteiger partial charge in [0.05, 0.1) is 5.75 Å². The van der Waals surface area contributed by atoms with Crippen LogP contribution in [0.4, 0.5) is 4.39 Å². The van der Waals surface area contributed by atoms with E-state index < -0.39 is 5.82 Å². The fraction of sp³-hybridized carbons (Fsp3) is 0.429. The molecule has 3 nitrogen and oxygen atoms in total. The number of halogens is 1. The second-order valence-electron chi connectivity index (χ2n) is 4.06. The maximum Gasteiger partial charge on any atom is 0.232 e. The Morgan fingerprint density at radius 3 is 2.37 bits per heavy atom. The zero-order chi connectivity index (χ0) is 14.4. The van der Waals surface area contributed by atoms with Gasteiger partial charge in [0.2, 0.25) is 5.91 Å². The van der Waals surface area contributed by atoms with Crippen molar-refractivity contribution in [1.29, 1.82) is 0 Å². The molecule has 0 spiro atoms. The van der Waals surface area contributed by atoms with Crippen molar-refractivity contribution in [2.75, 3.05) is 18.8 Å². The molecule has 5 heteroatoms. The highest BCUT2D eigenvalue weighted by molar-refractivity contribution is 8.00. The summed E-state index contributed by atoms with van der Waals surface area (Å²) in [5, 5.41) is 0. The van der Waals surface area contributed by atoms with Crippen LogP contribution in [0.2, 0.25) is 0 Å². The average Bonchev–Trinajstić information content (AvgIpc) is 2.38. The normalized spacial score (nSPS) is 10.3. The summed E-state index contributed by atoms with van der Waals surface area (Å²) in [6, 6.07) is 4.34. The number of nitrogens with zero attached hydrogens (tertiary/aromatic N) is 1. The molecule has 0 saturated heterocycles. The maximum atomic E-state index is 13.7. The molecular formula is C14H18FNO2S. The lowest BCUT2D eigenvalue weighted by Gasteiger charge is -2.18. The monoisotopic (exact) mass is 283 g/mol. The van der Waals surface area contributed by atoms with Gasteiger partial charge in [0.15, 0.2) is 5.78 Å². The van der Waals surface area contributed by atoms with E-state index in [1.165, 1.54) is 13.0 Å². The van der Waals surface area contributed by atoms with Crippen LogP contribution in [-0.2, 0) is 4.79 Å². The van der Waals surface area contributed by atoms with Gasteiger partial charge in [0, 0.05) is 23.5 Å². The van der Waals surface area contributed by atoms with Gasteiger partial charge < -0.3 is 4.90 Å². The van der Waals surface area contributed by atoms with E-state index in [0.29, 0.717) is 23.5 Å². The van der Waals surface area contributed by atoms with Crippen LogP contribution in [-0.4, -0.2) is 35.4 Å². The number of thioether (sulfide) groups is 1. The summed E-state index contributed by atoms with van der Waals surface area (Å²) in [6.45, 7) is 6.53. The van der Waals surface area contributed by atoms with Crippen LogP contribution in [0, 0.1) is 5.82 Å². The first-order valence-electron chi connectivity index (χ1n) is 6.20. The topological polar surface area (TPSA) is 37.4 Å². The number of rotatable bonds is 6. The Morgan fingerprint density at radius 1 is 1.26 bits per heavy atom. The second-order valence-corrected chi connectivity index (χ2v) is 5.07. The van der Waals surface area contributed by atoms with Crippen molar-refractivity contribution in [2.24, 2.45) is 0 Å². The van der Waals surface area contributed by atoms with Crippen molar-refractivity contribution in [3.63, 3.8) is 0 Å². The number of hydrogen-bond acceptors (Lipinski definition) is 3. The third-order valence-electron chi connectivity index (χ3n) is 2.81. The zero-order valence-electron chi connectivity index (χ0n) is 11.4. The van der Waals surface area contributed by atoms with Crippen LogP contribution in [0.1, 0.15) is 31.1 Å². The van der Waals surface area contributed by atoms with Crippen LogP contribution in [0.25, 0.3) is 0 Å². The van der Waals surface area contributed by atoms with E-state index in [4.69, 9.17) is 0 Å². The van der Waals surface area contributed by atoms with E-state index in [9.17, 15) is 14.0 Å². The molecule has 0 N–H and O–H groups in total. The summed E-state index contributed by atoms with van der Waals surface area (Å²) < 4.78 is 13.7. The van der Waals surface area contributed by atoms with Crippen molar-refractivity contribution in [3.05, 3.63) is 29.6 Å². The third kappa shape index (κ3) is 4.35. The van der Waals surface area contributed by atoms with Crippen molar-refractivity contribution < 1.29 is 14.0 Å². The van der Waals surface area contributed by atoms with E-state index in [2.05, 4.69) is 0 Å². The van der Waals surface area contributed by atoms with Gasteiger partial charge >= 0.3 is 0 Å². The molecule has 0 radical (unpaired) electrons. The molecule has 0 fully saturated rings. The van der Waals surface area contributed by atoms with Gasteiger partial charge in [-0.3, -0.25) is 9.59 Å². The largest absolute Gasteiger partial charge is 0.343 e. The Bertz CT molecular complexity index is 473. The lowest BCUT2D eigenvalue weighted by molar-refractivity contribution is -0.127. The van der Waals surface area contributed by atoms with E-state index in [1.807, 2.05) is 13.8 Å². The molecule has 0 atom stereocenters. The van der Waals surface area contributed by atoms with Gasteiger partial charge in [-0.1, -0.05) is 6.07 Å². The molecular weight excluding hydrogens is 265 g/mol. The minimum Gasteiger partial charge on any atom is -0.343 e. The Kier molecular flexibility index (Phi) is 6.02. The van der Waals surface area contributed by atoms with Crippen molar-refractivity contribution in [3.8, 4) is 0 Å². The van der Waals surface area contributed by atoms with Crippen LogP contribution in [0.15, 0.2) is 23.1 Å². The Hall–Kier alpha value is -1.36. The van der Waals surface area contributed by atoms with E-state index in [-0.39, 0.29) is 17.4 Å². The van der Waals surface area contributed by atoms with E-state index in [0.717, 1.165) is 11.8 Å². The number of Topliss-reactive ketones (excluding diaryl/α,β-unsaturated/α-hetero) is 1. The first-order valence-corrected chi connectivity index (χ1v) is 7.19. The van der Waals surface area contributed by atoms with E-state index in [1.54, 1.807) is 17.0 Å². The number of carbonyl (C=O) groups is 2. The quantitative estimate of drug-likeness (QED) is 0.595. The first kappa shape index (κ1) is 15.7. The Morgan fingerprint density at radius 2 is 1.89 bits per heavy atom. The number of amides is 1. The average molecular weight is 283 g/mol. The number of hydrogen-bond donors (Lipinski definition) is 0. The van der Waals surface area contributed by atoms with Crippen molar-refractivity contribution in [2.45, 2.75) is 25.7 Å².